The highest BCUT2D eigenvalue weighted by molar-refractivity contribution is 6.36. The second-order valence-electron chi connectivity index (χ2n) is 7.08. The standard InChI is InChI=1S/C21H18Cl2FN5O2/c1-13-25-19(26-29(13)16-5-3-15(24)4-6-16)21(31)28-10-8-27(9-11-28)20(30)17-7-2-14(22)12-18(17)23/h2-7,12H,8-11H2,1H3. The molecule has 0 radical (unpaired) electrons. The number of hydrogen-bond donors (Lipinski definition) is 0. The molecule has 0 spiro atoms. The number of nitrogens with zero attached hydrogens (tertiary/aromatic N) is 5. The number of halogens is 3. The van der Waals surface area contributed by atoms with Gasteiger partial charge in [0.1, 0.15) is 11.6 Å². The van der Waals surface area contributed by atoms with Gasteiger partial charge in [0.05, 0.1) is 16.3 Å². The number of amides is 2. The molecule has 0 saturated carbocycles. The van der Waals surface area contributed by atoms with Gasteiger partial charge in [-0.15, -0.1) is 5.10 Å². The van der Waals surface area contributed by atoms with Crippen LogP contribution in [0.4, 0.5) is 4.39 Å². The van der Waals surface area contributed by atoms with Crippen molar-refractivity contribution in [1.29, 1.82) is 0 Å². The van der Waals surface area contributed by atoms with Gasteiger partial charge < -0.3 is 9.80 Å². The van der Waals surface area contributed by atoms with Crippen molar-refractivity contribution in [2.75, 3.05) is 26.2 Å². The van der Waals surface area contributed by atoms with Crippen LogP contribution in [0.3, 0.4) is 0 Å². The molecule has 0 atom stereocenters. The third kappa shape index (κ3) is 4.40. The molecule has 2 heterocycles. The highest BCUT2D eigenvalue weighted by Crippen LogP contribution is 2.23. The van der Waals surface area contributed by atoms with E-state index in [2.05, 4.69) is 10.1 Å². The van der Waals surface area contributed by atoms with Crippen LogP contribution in [0, 0.1) is 12.7 Å². The van der Waals surface area contributed by atoms with Crippen molar-refractivity contribution < 1.29 is 14.0 Å². The third-order valence-corrected chi connectivity index (χ3v) is 5.59. The minimum atomic E-state index is -0.356. The van der Waals surface area contributed by atoms with E-state index in [1.54, 1.807) is 41.0 Å². The fourth-order valence-electron chi connectivity index (χ4n) is 3.39. The largest absolute Gasteiger partial charge is 0.335 e. The first-order chi connectivity index (χ1) is 14.8. The second-order valence-corrected chi connectivity index (χ2v) is 7.92. The number of rotatable bonds is 3. The molecule has 7 nitrogen and oxygen atoms in total. The van der Waals surface area contributed by atoms with Gasteiger partial charge in [0.15, 0.2) is 0 Å². The van der Waals surface area contributed by atoms with E-state index in [4.69, 9.17) is 23.2 Å². The van der Waals surface area contributed by atoms with E-state index in [1.165, 1.54) is 22.9 Å². The summed E-state index contributed by atoms with van der Waals surface area (Å²) in [7, 11) is 0. The van der Waals surface area contributed by atoms with Crippen molar-refractivity contribution in [3.05, 3.63) is 75.5 Å². The van der Waals surface area contributed by atoms with Gasteiger partial charge in [0.2, 0.25) is 5.82 Å². The molecule has 1 fully saturated rings. The van der Waals surface area contributed by atoms with Crippen LogP contribution in [0.5, 0.6) is 0 Å². The Hall–Kier alpha value is -2.97. The van der Waals surface area contributed by atoms with Crippen molar-refractivity contribution >= 4 is 35.0 Å². The Morgan fingerprint density at radius 2 is 1.55 bits per heavy atom. The number of carbonyl (C=O) groups is 2. The van der Waals surface area contributed by atoms with Crippen LogP contribution >= 0.6 is 23.2 Å². The molecule has 1 aliphatic rings. The predicted octanol–water partition coefficient (Wildman–Crippen LogP) is 3.62. The van der Waals surface area contributed by atoms with Gasteiger partial charge >= 0.3 is 0 Å². The molecule has 3 aromatic rings. The lowest BCUT2D eigenvalue weighted by Gasteiger charge is -2.34. The maximum Gasteiger partial charge on any atom is 0.293 e. The summed E-state index contributed by atoms with van der Waals surface area (Å²) < 4.78 is 14.7. The van der Waals surface area contributed by atoms with Gasteiger partial charge in [0.25, 0.3) is 11.8 Å². The predicted molar refractivity (Wildman–Crippen MR) is 114 cm³/mol. The molecule has 0 aliphatic carbocycles. The lowest BCUT2D eigenvalue weighted by molar-refractivity contribution is 0.0529. The molecule has 0 bridgehead atoms. The van der Waals surface area contributed by atoms with Gasteiger partial charge in [-0.1, -0.05) is 23.2 Å². The van der Waals surface area contributed by atoms with Crippen LogP contribution in [0.15, 0.2) is 42.5 Å². The monoisotopic (exact) mass is 461 g/mol. The Labute approximate surface area is 188 Å². The van der Waals surface area contributed by atoms with Crippen LogP contribution in [0.25, 0.3) is 5.69 Å². The fourth-order valence-corrected chi connectivity index (χ4v) is 3.88. The molecular weight excluding hydrogens is 444 g/mol. The van der Waals surface area contributed by atoms with Crippen LogP contribution in [-0.4, -0.2) is 62.6 Å². The van der Waals surface area contributed by atoms with E-state index in [0.29, 0.717) is 53.3 Å². The summed E-state index contributed by atoms with van der Waals surface area (Å²) in [6, 6.07) is 10.5. The molecular formula is C21H18Cl2FN5O2. The van der Waals surface area contributed by atoms with Crippen molar-refractivity contribution in [2.24, 2.45) is 0 Å². The van der Waals surface area contributed by atoms with E-state index in [-0.39, 0.29) is 23.5 Å². The maximum atomic E-state index is 13.2. The first-order valence-electron chi connectivity index (χ1n) is 9.56. The van der Waals surface area contributed by atoms with Crippen molar-refractivity contribution in [3.8, 4) is 5.69 Å². The number of aromatic nitrogens is 3. The lowest BCUT2D eigenvalue weighted by atomic mass is 10.1. The quantitative estimate of drug-likeness (QED) is 0.596. The van der Waals surface area contributed by atoms with Gasteiger partial charge in [-0.25, -0.2) is 14.1 Å². The summed E-state index contributed by atoms with van der Waals surface area (Å²) in [5.41, 5.74) is 0.988. The van der Waals surface area contributed by atoms with E-state index >= 15 is 0 Å². The van der Waals surface area contributed by atoms with E-state index in [0.717, 1.165) is 0 Å². The smallest absolute Gasteiger partial charge is 0.293 e. The summed E-state index contributed by atoms with van der Waals surface area (Å²) >= 11 is 12.0. The number of benzene rings is 2. The number of hydrogen-bond acceptors (Lipinski definition) is 4. The lowest BCUT2D eigenvalue weighted by Crippen LogP contribution is -2.50. The second kappa shape index (κ2) is 8.64. The average Bonchev–Trinajstić information content (AvgIpc) is 3.15. The van der Waals surface area contributed by atoms with Crippen LogP contribution < -0.4 is 0 Å². The number of piperazine rings is 1. The number of aryl methyl sites for hydroxylation is 1. The van der Waals surface area contributed by atoms with Crippen LogP contribution in [-0.2, 0) is 0 Å². The summed E-state index contributed by atoms with van der Waals surface area (Å²) in [6.45, 7) is 3.14. The molecule has 0 unspecified atom stereocenters. The Morgan fingerprint density at radius 1 is 0.935 bits per heavy atom. The minimum absolute atomic E-state index is 0.0577. The Morgan fingerprint density at radius 3 is 2.16 bits per heavy atom. The Bertz CT molecular complexity index is 1140. The van der Waals surface area contributed by atoms with E-state index in [9.17, 15) is 14.0 Å². The van der Waals surface area contributed by atoms with Crippen molar-refractivity contribution in [3.63, 3.8) is 0 Å². The number of carbonyl (C=O) groups excluding carboxylic acids is 2. The van der Waals surface area contributed by atoms with Gasteiger partial charge in [-0.2, -0.15) is 0 Å². The van der Waals surface area contributed by atoms with Gasteiger partial charge in [-0.3, -0.25) is 9.59 Å². The summed E-state index contributed by atoms with van der Waals surface area (Å²) in [4.78, 5) is 33.1. The SMILES string of the molecule is Cc1nc(C(=O)N2CCN(C(=O)c3ccc(Cl)cc3Cl)CC2)nn1-c1ccc(F)cc1. The zero-order valence-electron chi connectivity index (χ0n) is 16.6. The van der Waals surface area contributed by atoms with E-state index < -0.39 is 0 Å². The summed E-state index contributed by atoms with van der Waals surface area (Å²) in [6.07, 6.45) is 0. The fraction of sp³-hybridized carbons (Fsp3) is 0.238. The Balaban J connectivity index is 1.43. The van der Waals surface area contributed by atoms with Gasteiger partial charge in [0, 0.05) is 31.2 Å². The highest BCUT2D eigenvalue weighted by Gasteiger charge is 2.28. The van der Waals surface area contributed by atoms with Gasteiger partial charge in [-0.05, 0) is 49.4 Å². The highest BCUT2D eigenvalue weighted by atomic mass is 35.5. The first kappa shape index (κ1) is 21.3. The van der Waals surface area contributed by atoms with Crippen molar-refractivity contribution in [2.45, 2.75) is 6.92 Å². The normalized spacial score (nSPS) is 14.1. The third-order valence-electron chi connectivity index (χ3n) is 5.05. The van der Waals surface area contributed by atoms with E-state index in [1.807, 2.05) is 0 Å². The molecule has 160 valence electrons. The zero-order chi connectivity index (χ0) is 22.1. The molecule has 2 aromatic carbocycles. The van der Waals surface area contributed by atoms with Crippen molar-refractivity contribution in [1.82, 2.24) is 24.6 Å². The molecule has 1 aromatic heterocycles. The summed E-state index contributed by atoms with van der Waals surface area (Å²) in [5.74, 6) is -0.308. The maximum absolute atomic E-state index is 13.2. The minimum Gasteiger partial charge on any atom is -0.335 e. The van der Waals surface area contributed by atoms with Crippen LogP contribution in [0.1, 0.15) is 26.8 Å². The van der Waals surface area contributed by atoms with Crippen LogP contribution in [0.2, 0.25) is 10.0 Å². The topological polar surface area (TPSA) is 71.3 Å². The molecule has 0 N–H and O–H groups in total. The Kier molecular flexibility index (Phi) is 5.93. The zero-order valence-corrected chi connectivity index (χ0v) is 18.1. The molecule has 10 heteroatoms. The molecule has 4 rings (SSSR count). The average molecular weight is 462 g/mol. The molecule has 31 heavy (non-hydrogen) atoms. The molecule has 1 aliphatic heterocycles. The molecule has 1 saturated heterocycles. The first-order valence-corrected chi connectivity index (χ1v) is 10.3. The summed E-state index contributed by atoms with van der Waals surface area (Å²) in [5, 5.41) is 5.04. The molecule has 2 amide bonds.